The van der Waals surface area contributed by atoms with Gasteiger partial charge in [0, 0.05) is 12.3 Å². The number of allylic oxidation sites excluding steroid dienone is 1. The molecule has 7 heteroatoms. The second-order valence-electron chi connectivity index (χ2n) is 15.7. The van der Waals surface area contributed by atoms with Gasteiger partial charge in [-0.15, -0.1) is 0 Å². The Labute approximate surface area is 228 Å². The third-order valence-corrected chi connectivity index (χ3v) is 23.1. The molecule has 0 aromatic carbocycles. The second-order valence-corrected chi connectivity index (χ2v) is 30.0. The van der Waals surface area contributed by atoms with E-state index < -0.39 is 25.0 Å². The largest absolute Gasteiger partial charge is 0.414 e. The molecule has 4 nitrogen and oxygen atoms in total. The van der Waals surface area contributed by atoms with Crippen molar-refractivity contribution < 1.29 is 18.0 Å². The van der Waals surface area contributed by atoms with Crippen LogP contribution in [0.25, 0.3) is 0 Å². The summed E-state index contributed by atoms with van der Waals surface area (Å²) in [5, 5.41) is 0.432. The van der Waals surface area contributed by atoms with Crippen LogP contribution in [0.15, 0.2) is 12.2 Å². The molecule has 5 atom stereocenters. The summed E-state index contributed by atoms with van der Waals surface area (Å²) in [4.78, 5) is 0. The molecule has 1 heterocycles. The Kier molecular flexibility index (Phi) is 11.2. The maximum atomic E-state index is 7.10. The van der Waals surface area contributed by atoms with Crippen molar-refractivity contribution in [3.8, 4) is 0 Å². The molecular weight excluding hydrogens is 497 g/mol. The summed E-state index contributed by atoms with van der Waals surface area (Å²) in [5.74, 6) is 0.293. The van der Waals surface area contributed by atoms with E-state index in [2.05, 4.69) is 128 Å². The predicted octanol–water partition coefficient (Wildman–Crippen LogP) is 9.16. The lowest BCUT2D eigenvalue weighted by atomic mass is 9.88. The minimum atomic E-state index is -2.05. The van der Waals surface area contributed by atoms with Gasteiger partial charge in [0.05, 0.1) is 31.0 Å². The van der Waals surface area contributed by atoms with Crippen LogP contribution in [-0.2, 0) is 18.0 Å². The topological polar surface area (TPSA) is 36.9 Å². The van der Waals surface area contributed by atoms with Crippen molar-refractivity contribution in [1.29, 1.82) is 0 Å². The highest BCUT2D eigenvalue weighted by Gasteiger charge is 2.48. The maximum absolute atomic E-state index is 7.10. The van der Waals surface area contributed by atoms with Gasteiger partial charge in [-0.2, -0.15) is 0 Å². The molecule has 1 aliphatic rings. The molecule has 0 spiro atoms. The second kappa shape index (κ2) is 11.8. The van der Waals surface area contributed by atoms with E-state index in [9.17, 15) is 0 Å². The predicted molar refractivity (Wildman–Crippen MR) is 165 cm³/mol. The molecule has 0 radical (unpaired) electrons. The molecule has 0 aliphatic carbocycles. The highest BCUT2D eigenvalue weighted by molar-refractivity contribution is 6.75. The molecule has 0 amide bonds. The maximum Gasteiger partial charge on any atom is 0.192 e. The van der Waals surface area contributed by atoms with Gasteiger partial charge in [-0.1, -0.05) is 81.4 Å². The lowest BCUT2D eigenvalue weighted by molar-refractivity contribution is -0.147. The lowest BCUT2D eigenvalue weighted by Gasteiger charge is -2.49. The Hall–Kier alpha value is 0.231. The fraction of sp³-hybridized carbons (Fsp3) is 0.931. The van der Waals surface area contributed by atoms with Gasteiger partial charge in [-0.05, 0) is 61.3 Å². The van der Waals surface area contributed by atoms with Crippen molar-refractivity contribution >= 4 is 25.0 Å². The summed E-state index contributed by atoms with van der Waals surface area (Å²) in [7, 11) is -5.92. The number of hydrogen-bond acceptors (Lipinski definition) is 4. The molecule has 36 heavy (non-hydrogen) atoms. The molecule has 0 unspecified atom stereocenters. The molecular formula is C29H62O4Si3. The quantitative estimate of drug-likeness (QED) is 0.209. The summed E-state index contributed by atoms with van der Waals surface area (Å²) >= 11 is 0. The van der Waals surface area contributed by atoms with Crippen molar-refractivity contribution in [2.75, 3.05) is 6.61 Å². The molecule has 0 aromatic heterocycles. The van der Waals surface area contributed by atoms with Crippen LogP contribution in [0.5, 0.6) is 0 Å². The van der Waals surface area contributed by atoms with E-state index in [0.29, 0.717) is 12.5 Å². The van der Waals surface area contributed by atoms with Gasteiger partial charge >= 0.3 is 0 Å². The van der Waals surface area contributed by atoms with Gasteiger partial charge in [0.1, 0.15) is 0 Å². The first-order valence-corrected chi connectivity index (χ1v) is 22.9. The zero-order valence-corrected chi connectivity index (χ0v) is 30.1. The molecule has 0 N–H and O–H groups in total. The van der Waals surface area contributed by atoms with Crippen LogP contribution in [0.4, 0.5) is 0 Å². The molecule has 1 fully saturated rings. The minimum absolute atomic E-state index is 0.0157. The lowest BCUT2D eigenvalue weighted by Crippen LogP contribution is -2.57. The van der Waals surface area contributed by atoms with Gasteiger partial charge in [-0.25, -0.2) is 0 Å². The van der Waals surface area contributed by atoms with E-state index in [1.54, 1.807) is 0 Å². The highest BCUT2D eigenvalue weighted by atomic mass is 28.4. The zero-order chi connectivity index (χ0) is 28.5. The third-order valence-electron chi connectivity index (χ3n) is 9.62. The van der Waals surface area contributed by atoms with E-state index in [1.165, 1.54) is 0 Å². The normalized spacial score (nSPS) is 26.5. The number of ether oxygens (including phenoxy) is 1. The SMILES string of the molecule is C/C=C/[C@H]1O[C@@H]([C@H](CO[Si](C)(C)C(C)(C)C)O[Si](C)(C)C(C)(C)C)C[C@H](O[Si](C)(C)C(C)(C)C)[C@H]1C. The number of rotatable bonds is 9. The van der Waals surface area contributed by atoms with Gasteiger partial charge in [0.25, 0.3) is 0 Å². The first-order chi connectivity index (χ1) is 15.9. The molecule has 1 saturated heterocycles. The van der Waals surface area contributed by atoms with Crippen molar-refractivity contribution in [2.45, 2.75) is 161 Å². The molecule has 214 valence electrons. The molecule has 0 bridgehead atoms. The highest BCUT2D eigenvalue weighted by Crippen LogP contribution is 2.43. The van der Waals surface area contributed by atoms with E-state index in [4.69, 9.17) is 18.0 Å². The van der Waals surface area contributed by atoms with Crippen LogP contribution in [0.1, 0.15) is 82.6 Å². The summed E-state index contributed by atoms with van der Waals surface area (Å²) in [5.41, 5.74) is 0. The zero-order valence-electron chi connectivity index (χ0n) is 27.1. The van der Waals surface area contributed by atoms with Crippen molar-refractivity contribution in [1.82, 2.24) is 0 Å². The van der Waals surface area contributed by atoms with Crippen LogP contribution < -0.4 is 0 Å². The first-order valence-electron chi connectivity index (χ1n) is 14.1. The van der Waals surface area contributed by atoms with Gasteiger partial charge < -0.3 is 18.0 Å². The Balaban J connectivity index is 3.39. The van der Waals surface area contributed by atoms with Crippen molar-refractivity contribution in [2.24, 2.45) is 5.92 Å². The first kappa shape index (κ1) is 34.3. The van der Waals surface area contributed by atoms with E-state index in [0.717, 1.165) is 6.42 Å². The Morgan fingerprint density at radius 3 is 1.69 bits per heavy atom. The van der Waals surface area contributed by atoms with Crippen LogP contribution in [-0.4, -0.2) is 56.0 Å². The Bertz CT molecular complexity index is 726. The summed E-state index contributed by atoms with van der Waals surface area (Å²) in [6, 6.07) is 0. The van der Waals surface area contributed by atoms with Crippen molar-refractivity contribution in [3.05, 3.63) is 12.2 Å². The fourth-order valence-electron chi connectivity index (χ4n) is 3.68. The molecule has 0 saturated carbocycles. The van der Waals surface area contributed by atoms with Gasteiger partial charge in [0.2, 0.25) is 0 Å². The average molecular weight is 559 g/mol. The van der Waals surface area contributed by atoms with E-state index >= 15 is 0 Å². The van der Waals surface area contributed by atoms with E-state index in [-0.39, 0.29) is 39.5 Å². The number of hydrogen-bond donors (Lipinski definition) is 0. The van der Waals surface area contributed by atoms with Gasteiger partial charge in [-0.3, -0.25) is 0 Å². The smallest absolute Gasteiger partial charge is 0.192 e. The summed E-state index contributed by atoms with van der Waals surface area (Å²) < 4.78 is 27.8. The summed E-state index contributed by atoms with van der Waals surface area (Å²) in [6.07, 6.45) is 5.16. The van der Waals surface area contributed by atoms with Crippen LogP contribution >= 0.6 is 0 Å². The Morgan fingerprint density at radius 1 is 0.806 bits per heavy atom. The average Bonchev–Trinajstić information content (AvgIpc) is 2.65. The van der Waals surface area contributed by atoms with E-state index in [1.807, 2.05) is 0 Å². The molecule has 0 aromatic rings. The minimum Gasteiger partial charge on any atom is -0.414 e. The van der Waals surface area contributed by atoms with Crippen LogP contribution in [0.2, 0.25) is 54.4 Å². The molecule has 1 rings (SSSR count). The van der Waals surface area contributed by atoms with Crippen LogP contribution in [0, 0.1) is 5.92 Å². The standard InChI is InChI=1S/C29H62O4Si3/c1-18-19-23-22(2)24(32-35(14,15)28(6,7)8)20-25(31-23)26(33-36(16,17)29(9,10)11)21-30-34(12,13)27(3,4)5/h18-19,22-26H,20-21H2,1-17H3/b19-18+/t22-,23+,24-,25+,26-/m0/s1. The fourth-order valence-corrected chi connectivity index (χ4v) is 7.44. The molecule has 1 aliphatic heterocycles. The van der Waals surface area contributed by atoms with Gasteiger partial charge in [0.15, 0.2) is 25.0 Å². The van der Waals surface area contributed by atoms with Crippen molar-refractivity contribution in [3.63, 3.8) is 0 Å². The monoisotopic (exact) mass is 558 g/mol. The summed E-state index contributed by atoms with van der Waals surface area (Å²) in [6.45, 7) is 39.8. The Morgan fingerprint density at radius 2 is 1.28 bits per heavy atom. The third kappa shape index (κ3) is 8.62. The van der Waals surface area contributed by atoms with Crippen LogP contribution in [0.3, 0.4) is 0 Å².